The highest BCUT2D eigenvalue weighted by molar-refractivity contribution is 7.96. The minimum absolute atomic E-state index is 0.110. The predicted octanol–water partition coefficient (Wildman–Crippen LogP) is 1.81. The maximum absolute atomic E-state index is 12.9. The molecule has 1 N–H and O–H groups in total. The number of hydrogen-bond donors (Lipinski definition) is 1. The van der Waals surface area contributed by atoms with E-state index in [1.807, 2.05) is 0 Å². The van der Waals surface area contributed by atoms with Crippen LogP contribution in [0, 0.1) is 0 Å². The van der Waals surface area contributed by atoms with Crippen LogP contribution in [0.25, 0.3) is 0 Å². The second-order valence-corrected chi connectivity index (χ2v) is 11.1. The Bertz CT molecular complexity index is 768. The molecule has 0 amide bonds. The van der Waals surface area contributed by atoms with Crippen molar-refractivity contribution in [1.82, 2.24) is 5.32 Å². The van der Waals surface area contributed by atoms with Gasteiger partial charge in [0.2, 0.25) is 0 Å². The van der Waals surface area contributed by atoms with E-state index in [2.05, 4.69) is 5.32 Å². The Morgan fingerprint density at radius 3 is 2.26 bits per heavy atom. The van der Waals surface area contributed by atoms with Gasteiger partial charge in [0.15, 0.2) is 19.7 Å². The molecule has 128 valence electrons. The van der Waals surface area contributed by atoms with E-state index in [1.54, 1.807) is 0 Å². The van der Waals surface area contributed by atoms with Crippen LogP contribution in [0.3, 0.4) is 0 Å². The van der Waals surface area contributed by atoms with Gasteiger partial charge in [0, 0.05) is 17.1 Å². The number of rotatable bonds is 4. The van der Waals surface area contributed by atoms with E-state index in [0.717, 1.165) is 25.7 Å². The number of benzene rings is 1. The summed E-state index contributed by atoms with van der Waals surface area (Å²) >= 11 is 5.81. The molecule has 1 aliphatic heterocycles. The van der Waals surface area contributed by atoms with E-state index in [9.17, 15) is 16.8 Å². The van der Waals surface area contributed by atoms with E-state index in [4.69, 9.17) is 11.6 Å². The molecule has 1 heterocycles. The maximum atomic E-state index is 12.9. The minimum atomic E-state index is -3.72. The first-order chi connectivity index (χ1) is 10.8. The molecule has 2 aliphatic rings. The normalized spacial score (nSPS) is 28.2. The van der Waals surface area contributed by atoms with Gasteiger partial charge >= 0.3 is 0 Å². The van der Waals surface area contributed by atoms with Gasteiger partial charge in [0.25, 0.3) is 0 Å². The highest BCUT2D eigenvalue weighted by Gasteiger charge is 2.46. The van der Waals surface area contributed by atoms with Gasteiger partial charge in [0.05, 0.1) is 21.7 Å². The molecule has 1 saturated carbocycles. The zero-order chi connectivity index (χ0) is 16.7. The zero-order valence-electron chi connectivity index (χ0n) is 12.6. The molecule has 1 aromatic rings. The Kier molecular flexibility index (Phi) is 4.75. The minimum Gasteiger partial charge on any atom is -0.309 e. The van der Waals surface area contributed by atoms with Crippen LogP contribution < -0.4 is 5.32 Å². The Morgan fingerprint density at radius 1 is 1.04 bits per heavy atom. The molecule has 2 unspecified atom stereocenters. The molecule has 0 aromatic heterocycles. The van der Waals surface area contributed by atoms with Gasteiger partial charge in [-0.3, -0.25) is 0 Å². The highest BCUT2D eigenvalue weighted by Crippen LogP contribution is 2.28. The Morgan fingerprint density at radius 2 is 1.65 bits per heavy atom. The lowest BCUT2D eigenvalue weighted by Crippen LogP contribution is -2.47. The van der Waals surface area contributed by atoms with Crippen molar-refractivity contribution < 1.29 is 16.8 Å². The van der Waals surface area contributed by atoms with Crippen molar-refractivity contribution in [3.8, 4) is 0 Å². The summed E-state index contributed by atoms with van der Waals surface area (Å²) in [5, 5.41) is 2.80. The molecule has 3 rings (SSSR count). The van der Waals surface area contributed by atoms with Gasteiger partial charge < -0.3 is 5.32 Å². The fourth-order valence-electron chi connectivity index (χ4n) is 3.47. The molecular formula is C15H20ClNO4S2. The van der Waals surface area contributed by atoms with Gasteiger partial charge in [-0.2, -0.15) is 0 Å². The fraction of sp³-hybridized carbons (Fsp3) is 0.600. The topological polar surface area (TPSA) is 80.3 Å². The average molecular weight is 378 g/mol. The molecule has 0 radical (unpaired) electrons. The summed E-state index contributed by atoms with van der Waals surface area (Å²) in [6, 6.07) is 5.58. The van der Waals surface area contributed by atoms with Crippen LogP contribution in [0.15, 0.2) is 29.2 Å². The molecule has 8 heteroatoms. The highest BCUT2D eigenvalue weighted by atomic mass is 35.5. The lowest BCUT2D eigenvalue weighted by atomic mass is 10.2. The Labute approximate surface area is 142 Å². The Hall–Kier alpha value is -0.630. The van der Waals surface area contributed by atoms with Crippen molar-refractivity contribution >= 4 is 31.3 Å². The predicted molar refractivity (Wildman–Crippen MR) is 90.3 cm³/mol. The van der Waals surface area contributed by atoms with Crippen molar-refractivity contribution in [3.05, 3.63) is 29.3 Å². The SMILES string of the molecule is O=S1(=O)CC(NC2CCCC2)C(S(=O)(=O)c2ccc(Cl)cc2)C1. The molecule has 1 aromatic carbocycles. The van der Waals surface area contributed by atoms with Crippen LogP contribution in [0.4, 0.5) is 0 Å². The standard InChI is InChI=1S/C15H20ClNO4S2/c16-11-5-7-13(8-6-11)23(20,21)15-10-22(18,19)9-14(15)17-12-3-1-2-4-12/h5-8,12,14-15,17H,1-4,9-10H2. The first kappa shape index (κ1) is 17.2. The monoisotopic (exact) mass is 377 g/mol. The van der Waals surface area contributed by atoms with Gasteiger partial charge in [-0.05, 0) is 37.1 Å². The maximum Gasteiger partial charge on any atom is 0.183 e. The van der Waals surface area contributed by atoms with E-state index in [-0.39, 0.29) is 22.4 Å². The fourth-order valence-corrected chi connectivity index (χ4v) is 8.27. The molecule has 2 fully saturated rings. The third-order valence-corrected chi connectivity index (χ3v) is 9.06. The van der Waals surface area contributed by atoms with Crippen molar-refractivity contribution in [2.24, 2.45) is 0 Å². The van der Waals surface area contributed by atoms with E-state index in [1.165, 1.54) is 24.3 Å². The molecular weight excluding hydrogens is 358 g/mol. The summed E-state index contributed by atoms with van der Waals surface area (Å²) in [4.78, 5) is 0.127. The van der Waals surface area contributed by atoms with Crippen LogP contribution in [-0.4, -0.2) is 45.7 Å². The number of nitrogens with one attached hydrogen (secondary N) is 1. The quantitative estimate of drug-likeness (QED) is 0.865. The first-order valence-corrected chi connectivity index (χ1v) is 11.5. The van der Waals surface area contributed by atoms with Gasteiger partial charge in [-0.1, -0.05) is 24.4 Å². The van der Waals surface area contributed by atoms with Crippen LogP contribution >= 0.6 is 11.6 Å². The second-order valence-electron chi connectivity index (χ2n) is 6.37. The molecule has 23 heavy (non-hydrogen) atoms. The van der Waals surface area contributed by atoms with Crippen molar-refractivity contribution in [1.29, 1.82) is 0 Å². The lowest BCUT2D eigenvalue weighted by Gasteiger charge is -2.23. The summed E-state index contributed by atoms with van der Waals surface area (Å²) in [5.41, 5.74) is 0. The third kappa shape index (κ3) is 3.73. The average Bonchev–Trinajstić information content (AvgIpc) is 3.07. The van der Waals surface area contributed by atoms with Gasteiger partial charge in [-0.25, -0.2) is 16.8 Å². The number of halogens is 1. The van der Waals surface area contributed by atoms with Gasteiger partial charge in [-0.15, -0.1) is 0 Å². The molecule has 5 nitrogen and oxygen atoms in total. The van der Waals surface area contributed by atoms with Crippen molar-refractivity contribution in [2.45, 2.75) is 47.9 Å². The first-order valence-electron chi connectivity index (χ1n) is 7.74. The summed E-state index contributed by atoms with van der Waals surface area (Å²) in [6.45, 7) is 0. The third-order valence-electron chi connectivity index (χ3n) is 4.65. The lowest BCUT2D eigenvalue weighted by molar-refractivity contribution is 0.449. The summed E-state index contributed by atoms with van der Waals surface area (Å²) in [5.74, 6) is -0.427. The van der Waals surface area contributed by atoms with Gasteiger partial charge in [0.1, 0.15) is 0 Å². The molecule has 0 spiro atoms. The largest absolute Gasteiger partial charge is 0.309 e. The van der Waals surface area contributed by atoms with E-state index < -0.39 is 31.0 Å². The second kappa shape index (κ2) is 6.35. The van der Waals surface area contributed by atoms with Crippen LogP contribution in [0.2, 0.25) is 5.02 Å². The molecule has 0 bridgehead atoms. The van der Waals surface area contributed by atoms with E-state index >= 15 is 0 Å². The molecule has 1 saturated heterocycles. The number of sulfone groups is 2. The smallest absolute Gasteiger partial charge is 0.183 e. The van der Waals surface area contributed by atoms with Crippen LogP contribution in [0.5, 0.6) is 0 Å². The zero-order valence-corrected chi connectivity index (χ0v) is 15.0. The molecule has 1 aliphatic carbocycles. The summed E-state index contributed by atoms with van der Waals surface area (Å²) in [6.07, 6.45) is 4.16. The van der Waals surface area contributed by atoms with Crippen LogP contribution in [0.1, 0.15) is 25.7 Å². The van der Waals surface area contributed by atoms with Crippen molar-refractivity contribution in [2.75, 3.05) is 11.5 Å². The van der Waals surface area contributed by atoms with E-state index in [0.29, 0.717) is 5.02 Å². The molecule has 2 atom stereocenters. The summed E-state index contributed by atoms with van der Waals surface area (Å²) in [7, 11) is -7.07. The number of hydrogen-bond acceptors (Lipinski definition) is 5. The van der Waals surface area contributed by atoms with Crippen molar-refractivity contribution in [3.63, 3.8) is 0 Å². The summed E-state index contributed by atoms with van der Waals surface area (Å²) < 4.78 is 49.8. The van der Waals surface area contributed by atoms with Crippen LogP contribution in [-0.2, 0) is 19.7 Å². The Balaban J connectivity index is 1.89.